The maximum Gasteiger partial charge on any atom is 0.00124 e. The van der Waals surface area contributed by atoms with Crippen LogP contribution in [0.3, 0.4) is 0 Å². The minimum atomic E-state index is 0.970. The van der Waals surface area contributed by atoms with Crippen molar-refractivity contribution in [3.8, 4) is 0 Å². The highest BCUT2D eigenvalue weighted by molar-refractivity contribution is 4.90. The van der Waals surface area contributed by atoms with E-state index in [1.807, 2.05) is 0 Å². The van der Waals surface area contributed by atoms with Crippen molar-refractivity contribution in [2.24, 2.45) is 17.8 Å². The van der Waals surface area contributed by atoms with E-state index in [9.17, 15) is 0 Å². The zero-order valence-electron chi connectivity index (χ0n) is 7.01. The van der Waals surface area contributed by atoms with Crippen LogP contribution in [0.4, 0.5) is 0 Å². The predicted octanol–water partition coefficient (Wildman–Crippen LogP) is 1.59. The van der Waals surface area contributed by atoms with Gasteiger partial charge in [0, 0.05) is 13.1 Å². The third kappa shape index (κ3) is 1.07. The lowest BCUT2D eigenvalue weighted by Crippen LogP contribution is -2.14. The van der Waals surface area contributed by atoms with E-state index in [1.165, 1.54) is 25.9 Å². The topological polar surface area (TPSA) is 3.24 Å². The molecule has 0 radical (unpaired) electrons. The Kier molecular flexibility index (Phi) is 1.48. The van der Waals surface area contributed by atoms with E-state index >= 15 is 0 Å². The summed E-state index contributed by atoms with van der Waals surface area (Å²) in [6.07, 6.45) is 3.03. The van der Waals surface area contributed by atoms with Crippen LogP contribution in [-0.2, 0) is 0 Å². The van der Waals surface area contributed by atoms with Gasteiger partial charge in [0.1, 0.15) is 0 Å². The largest absolute Gasteiger partial charge is 0.306 e. The predicted molar refractivity (Wildman–Crippen MR) is 42.9 cm³/mol. The van der Waals surface area contributed by atoms with Crippen LogP contribution in [0.5, 0.6) is 0 Å². The molecule has 2 fully saturated rings. The minimum Gasteiger partial charge on any atom is -0.306 e. The molecule has 58 valence electrons. The van der Waals surface area contributed by atoms with Crippen molar-refractivity contribution in [1.82, 2.24) is 4.90 Å². The normalized spacial score (nSPS) is 42.6. The first-order valence-corrected chi connectivity index (χ1v) is 4.46. The van der Waals surface area contributed by atoms with Gasteiger partial charge in [0.25, 0.3) is 0 Å². The highest BCUT2D eigenvalue weighted by Gasteiger charge is 2.38. The Hall–Kier alpha value is -0.0400. The summed E-state index contributed by atoms with van der Waals surface area (Å²) in [6.45, 7) is 5.11. The molecular weight excluding hydrogens is 122 g/mol. The van der Waals surface area contributed by atoms with Gasteiger partial charge in [-0.05, 0) is 37.6 Å². The van der Waals surface area contributed by atoms with Crippen LogP contribution >= 0.6 is 0 Å². The molecule has 0 aromatic heterocycles. The molecule has 1 nitrogen and oxygen atoms in total. The summed E-state index contributed by atoms with van der Waals surface area (Å²) in [5, 5.41) is 0. The molecule has 0 bridgehead atoms. The molecule has 1 heteroatoms. The van der Waals surface area contributed by atoms with Gasteiger partial charge in [-0.15, -0.1) is 0 Å². The maximum atomic E-state index is 2.48. The van der Waals surface area contributed by atoms with E-state index in [0.29, 0.717) is 0 Å². The van der Waals surface area contributed by atoms with Gasteiger partial charge in [-0.3, -0.25) is 0 Å². The van der Waals surface area contributed by atoms with Crippen molar-refractivity contribution in [1.29, 1.82) is 0 Å². The third-order valence-electron chi connectivity index (χ3n) is 3.08. The van der Waals surface area contributed by atoms with Crippen molar-refractivity contribution in [2.45, 2.75) is 19.8 Å². The molecule has 1 saturated heterocycles. The first-order valence-electron chi connectivity index (χ1n) is 4.46. The Labute approximate surface area is 63.4 Å². The van der Waals surface area contributed by atoms with Crippen LogP contribution in [-0.4, -0.2) is 25.0 Å². The van der Waals surface area contributed by atoms with Crippen LogP contribution in [0.25, 0.3) is 0 Å². The molecule has 2 atom stereocenters. The first-order chi connectivity index (χ1) is 4.77. The molecule has 0 aromatic rings. The number of nitrogens with zero attached hydrogens (tertiary/aromatic N) is 1. The molecule has 0 aromatic carbocycles. The van der Waals surface area contributed by atoms with E-state index in [1.54, 1.807) is 0 Å². The first kappa shape index (κ1) is 6.66. The Balaban J connectivity index is 1.95. The summed E-state index contributed by atoms with van der Waals surface area (Å²) in [5.74, 6) is 3.13. The van der Waals surface area contributed by atoms with E-state index in [0.717, 1.165) is 17.8 Å². The van der Waals surface area contributed by atoms with E-state index in [2.05, 4.69) is 18.9 Å². The molecule has 0 spiro atoms. The summed E-state index contributed by atoms with van der Waals surface area (Å²) in [4.78, 5) is 2.48. The SMILES string of the molecule is CC1CN(C)CC1C1CC1. The molecule has 0 amide bonds. The van der Waals surface area contributed by atoms with Crippen LogP contribution in [0.2, 0.25) is 0 Å². The van der Waals surface area contributed by atoms with Crippen molar-refractivity contribution in [3.63, 3.8) is 0 Å². The van der Waals surface area contributed by atoms with Gasteiger partial charge >= 0.3 is 0 Å². The summed E-state index contributed by atoms with van der Waals surface area (Å²) in [5.41, 5.74) is 0. The molecule has 1 saturated carbocycles. The number of hydrogen-bond acceptors (Lipinski definition) is 1. The lowest BCUT2D eigenvalue weighted by atomic mass is 9.93. The van der Waals surface area contributed by atoms with Crippen LogP contribution in [0.1, 0.15) is 19.8 Å². The molecule has 1 aliphatic heterocycles. The van der Waals surface area contributed by atoms with Gasteiger partial charge in [-0.1, -0.05) is 6.92 Å². The molecule has 2 aliphatic rings. The second kappa shape index (κ2) is 2.23. The molecule has 1 heterocycles. The molecular formula is C9H17N. The van der Waals surface area contributed by atoms with Gasteiger partial charge < -0.3 is 4.90 Å². The second-order valence-electron chi connectivity index (χ2n) is 4.20. The lowest BCUT2D eigenvalue weighted by Gasteiger charge is -2.11. The number of rotatable bonds is 1. The summed E-state index contributed by atoms with van der Waals surface area (Å²) in [7, 11) is 2.25. The van der Waals surface area contributed by atoms with Crippen LogP contribution in [0, 0.1) is 17.8 Å². The van der Waals surface area contributed by atoms with Gasteiger partial charge in [-0.25, -0.2) is 0 Å². The summed E-state index contributed by atoms with van der Waals surface area (Å²) < 4.78 is 0. The highest BCUT2D eigenvalue weighted by Crippen LogP contribution is 2.43. The highest BCUT2D eigenvalue weighted by atomic mass is 15.1. The molecule has 2 unspecified atom stereocenters. The minimum absolute atomic E-state index is 0.970. The zero-order chi connectivity index (χ0) is 7.14. The fraction of sp³-hybridized carbons (Fsp3) is 1.00. The fourth-order valence-electron chi connectivity index (χ4n) is 2.38. The number of hydrogen-bond donors (Lipinski definition) is 0. The Morgan fingerprint density at radius 3 is 2.30 bits per heavy atom. The van der Waals surface area contributed by atoms with Crippen LogP contribution in [0.15, 0.2) is 0 Å². The average molecular weight is 139 g/mol. The molecule has 1 aliphatic carbocycles. The lowest BCUT2D eigenvalue weighted by molar-refractivity contribution is 0.377. The van der Waals surface area contributed by atoms with Crippen molar-refractivity contribution in [3.05, 3.63) is 0 Å². The molecule has 2 rings (SSSR count). The van der Waals surface area contributed by atoms with Crippen molar-refractivity contribution in [2.75, 3.05) is 20.1 Å². The van der Waals surface area contributed by atoms with Gasteiger partial charge in [0.2, 0.25) is 0 Å². The zero-order valence-corrected chi connectivity index (χ0v) is 7.01. The fourth-order valence-corrected chi connectivity index (χ4v) is 2.38. The third-order valence-corrected chi connectivity index (χ3v) is 3.08. The van der Waals surface area contributed by atoms with E-state index < -0.39 is 0 Å². The number of likely N-dealkylation sites (tertiary alicyclic amines) is 1. The van der Waals surface area contributed by atoms with Crippen molar-refractivity contribution >= 4 is 0 Å². The second-order valence-corrected chi connectivity index (χ2v) is 4.20. The van der Waals surface area contributed by atoms with Gasteiger partial charge in [-0.2, -0.15) is 0 Å². The van der Waals surface area contributed by atoms with Gasteiger partial charge in [0.05, 0.1) is 0 Å². The monoisotopic (exact) mass is 139 g/mol. The van der Waals surface area contributed by atoms with Gasteiger partial charge in [0.15, 0.2) is 0 Å². The standard InChI is InChI=1S/C9H17N/c1-7-5-10(2)6-9(7)8-3-4-8/h7-9H,3-6H2,1-2H3. The Morgan fingerprint density at radius 1 is 1.20 bits per heavy atom. The quantitative estimate of drug-likeness (QED) is 0.533. The molecule has 10 heavy (non-hydrogen) atoms. The van der Waals surface area contributed by atoms with Crippen molar-refractivity contribution < 1.29 is 0 Å². The summed E-state index contributed by atoms with van der Waals surface area (Å²) >= 11 is 0. The Bertz CT molecular complexity index is 129. The van der Waals surface area contributed by atoms with E-state index in [4.69, 9.17) is 0 Å². The average Bonchev–Trinajstić information content (AvgIpc) is 2.61. The molecule has 0 N–H and O–H groups in total. The summed E-state index contributed by atoms with van der Waals surface area (Å²) in [6, 6.07) is 0. The van der Waals surface area contributed by atoms with Crippen LogP contribution < -0.4 is 0 Å². The smallest absolute Gasteiger partial charge is 0.00124 e. The Morgan fingerprint density at radius 2 is 1.90 bits per heavy atom. The maximum absolute atomic E-state index is 2.48. The van der Waals surface area contributed by atoms with E-state index in [-0.39, 0.29) is 0 Å².